The van der Waals surface area contributed by atoms with Gasteiger partial charge in [-0.05, 0) is 157 Å². The Morgan fingerprint density at radius 3 is 1.45 bits per heavy atom. The zero-order chi connectivity index (χ0) is 44.6. The van der Waals surface area contributed by atoms with Crippen LogP contribution in [0.4, 0.5) is 34.1 Å². The van der Waals surface area contributed by atoms with Crippen molar-refractivity contribution in [2.75, 3.05) is 9.80 Å². The lowest BCUT2D eigenvalue weighted by atomic mass is 9.78. The summed E-state index contributed by atoms with van der Waals surface area (Å²) in [6.07, 6.45) is 6.96. The van der Waals surface area contributed by atoms with E-state index in [-0.39, 0.29) is 5.41 Å². The molecule has 0 bridgehead atoms. The second kappa shape index (κ2) is 15.4. The fourth-order valence-corrected chi connectivity index (χ4v) is 11.3. The molecule has 2 aliphatic rings. The molecule has 2 heterocycles. The maximum absolute atomic E-state index is 2.49. The molecule has 0 fully saturated rings. The number of hydrogen-bond donors (Lipinski definition) is 0. The minimum Gasteiger partial charge on any atom is -0.311 e. The molecular weight excluding hydrogens is 813 g/mol. The Balaban J connectivity index is 0.969. The number of nitrogens with zero attached hydrogens (tertiary/aromatic N) is 4. The fourth-order valence-electron chi connectivity index (χ4n) is 11.3. The molecular formula is C63H48N4. The van der Waals surface area contributed by atoms with Crippen molar-refractivity contribution in [3.8, 4) is 11.4 Å². The normalized spacial score (nSPS) is 14.0. The Bertz CT molecular complexity index is 3700. The summed E-state index contributed by atoms with van der Waals surface area (Å²) in [5.41, 5.74) is 19.5. The molecule has 67 heavy (non-hydrogen) atoms. The number of rotatable bonds is 8. The second-order valence-electron chi connectivity index (χ2n) is 18.5. The summed E-state index contributed by atoms with van der Waals surface area (Å²) in [6.45, 7) is 4.83. The first-order valence-corrected chi connectivity index (χ1v) is 23.5. The van der Waals surface area contributed by atoms with E-state index in [1.165, 1.54) is 60.3 Å². The summed E-state index contributed by atoms with van der Waals surface area (Å²) in [5.74, 6) is 0. The van der Waals surface area contributed by atoms with Gasteiger partial charge in [0.1, 0.15) is 0 Å². The standard InChI is InChI=1S/C63H48N4/c1-63(2)57-27-15-12-24-51(57)54-41-56-53-26-14-17-29-60(53)67(62(56)42-58(54)63)49-36-34-48(35-37-49)65(47-32-30-46(31-33-47)64(43-18-6-3-7-19-43)44-20-8-4-9-21-44)50-38-39-61-55(40-50)52-25-13-16-28-59(52)66(61)45-22-10-5-11-23-45/h3-14,16-26,28-42H,15,27H2,1-2H3. The first kappa shape index (κ1) is 39.1. The van der Waals surface area contributed by atoms with Crippen LogP contribution in [0.15, 0.2) is 236 Å². The average molecular weight is 861 g/mol. The highest BCUT2D eigenvalue weighted by Crippen LogP contribution is 2.52. The SMILES string of the molecule is CC1(C)C2=C(C=CCC2)c2cc3c4ccccc4n(-c4ccc(N(c5ccc(N(c6ccccc6)c6ccccc6)cc5)c5ccc6c(c5)c5ccccc5n6-c5ccccc5)cc4)c3cc21. The summed E-state index contributed by atoms with van der Waals surface area (Å²) < 4.78 is 4.86. The molecule has 9 aromatic carbocycles. The van der Waals surface area contributed by atoms with Crippen LogP contribution in [-0.2, 0) is 5.41 Å². The first-order chi connectivity index (χ1) is 33.0. The van der Waals surface area contributed by atoms with Crippen LogP contribution in [0, 0.1) is 0 Å². The average Bonchev–Trinajstić information content (AvgIpc) is 3.97. The molecule has 13 rings (SSSR count). The Labute approximate surface area is 391 Å². The van der Waals surface area contributed by atoms with E-state index >= 15 is 0 Å². The third-order valence-corrected chi connectivity index (χ3v) is 14.4. The molecule has 0 unspecified atom stereocenters. The molecule has 11 aromatic rings. The lowest BCUT2D eigenvalue weighted by Gasteiger charge is -2.28. The predicted octanol–water partition coefficient (Wildman–Crippen LogP) is 17.2. The molecule has 0 radical (unpaired) electrons. The minimum absolute atomic E-state index is 0.0153. The highest BCUT2D eigenvalue weighted by atomic mass is 15.2. The molecule has 0 spiro atoms. The van der Waals surface area contributed by atoms with Crippen LogP contribution in [0.3, 0.4) is 0 Å². The van der Waals surface area contributed by atoms with Gasteiger partial charge in [0.2, 0.25) is 0 Å². The summed E-state index contributed by atoms with van der Waals surface area (Å²) in [6, 6.07) is 79.7. The number of para-hydroxylation sites is 5. The van der Waals surface area contributed by atoms with E-state index in [9.17, 15) is 0 Å². The van der Waals surface area contributed by atoms with Crippen molar-refractivity contribution in [3.63, 3.8) is 0 Å². The van der Waals surface area contributed by atoms with Gasteiger partial charge in [-0.15, -0.1) is 0 Å². The third-order valence-electron chi connectivity index (χ3n) is 14.4. The highest BCUT2D eigenvalue weighted by molar-refractivity contribution is 6.12. The predicted molar refractivity (Wildman–Crippen MR) is 283 cm³/mol. The van der Waals surface area contributed by atoms with Crippen LogP contribution in [0.1, 0.15) is 37.8 Å². The van der Waals surface area contributed by atoms with Gasteiger partial charge in [0.25, 0.3) is 0 Å². The molecule has 320 valence electrons. The molecule has 0 N–H and O–H groups in total. The van der Waals surface area contributed by atoms with E-state index in [4.69, 9.17) is 0 Å². The van der Waals surface area contributed by atoms with Gasteiger partial charge in [0, 0.05) is 72.5 Å². The Morgan fingerprint density at radius 2 is 0.836 bits per heavy atom. The van der Waals surface area contributed by atoms with E-state index in [0.29, 0.717) is 0 Å². The smallest absolute Gasteiger partial charge is 0.0544 e. The number of anilines is 6. The molecule has 4 nitrogen and oxygen atoms in total. The van der Waals surface area contributed by atoms with Crippen LogP contribution >= 0.6 is 0 Å². The van der Waals surface area contributed by atoms with Crippen molar-refractivity contribution >= 4 is 83.3 Å². The molecule has 2 aliphatic carbocycles. The molecule has 0 aliphatic heterocycles. The van der Waals surface area contributed by atoms with Crippen molar-refractivity contribution in [2.45, 2.75) is 32.1 Å². The van der Waals surface area contributed by atoms with Crippen LogP contribution in [0.2, 0.25) is 0 Å². The molecule has 4 heteroatoms. The minimum atomic E-state index is -0.0153. The highest BCUT2D eigenvalue weighted by Gasteiger charge is 2.38. The van der Waals surface area contributed by atoms with Crippen molar-refractivity contribution in [3.05, 3.63) is 247 Å². The Kier molecular flexibility index (Phi) is 8.97. The van der Waals surface area contributed by atoms with Gasteiger partial charge in [-0.3, -0.25) is 0 Å². The zero-order valence-corrected chi connectivity index (χ0v) is 37.6. The zero-order valence-electron chi connectivity index (χ0n) is 37.6. The maximum atomic E-state index is 2.49. The number of fused-ring (bicyclic) bond motifs is 8. The lowest BCUT2D eigenvalue weighted by Crippen LogP contribution is -2.17. The number of allylic oxidation sites excluding steroid dienone is 4. The Hall–Kier alpha value is -8.34. The van der Waals surface area contributed by atoms with Crippen LogP contribution in [-0.4, -0.2) is 9.13 Å². The summed E-state index contributed by atoms with van der Waals surface area (Å²) in [7, 11) is 0. The van der Waals surface area contributed by atoms with E-state index in [2.05, 4.69) is 263 Å². The summed E-state index contributed by atoms with van der Waals surface area (Å²) in [5, 5.41) is 5.01. The van der Waals surface area contributed by atoms with Gasteiger partial charge in [-0.1, -0.05) is 123 Å². The molecule has 2 aromatic heterocycles. The quantitative estimate of drug-likeness (QED) is 0.151. The van der Waals surface area contributed by atoms with Crippen LogP contribution < -0.4 is 9.80 Å². The van der Waals surface area contributed by atoms with Gasteiger partial charge < -0.3 is 18.9 Å². The monoisotopic (exact) mass is 860 g/mol. The van der Waals surface area contributed by atoms with E-state index in [1.54, 1.807) is 5.57 Å². The largest absolute Gasteiger partial charge is 0.311 e. The van der Waals surface area contributed by atoms with Gasteiger partial charge in [-0.25, -0.2) is 0 Å². The topological polar surface area (TPSA) is 16.3 Å². The molecule has 0 saturated carbocycles. The van der Waals surface area contributed by atoms with E-state index < -0.39 is 0 Å². The van der Waals surface area contributed by atoms with Crippen molar-refractivity contribution in [1.82, 2.24) is 9.13 Å². The van der Waals surface area contributed by atoms with Gasteiger partial charge in [0.05, 0.1) is 22.1 Å². The number of hydrogen-bond acceptors (Lipinski definition) is 2. The van der Waals surface area contributed by atoms with Gasteiger partial charge in [-0.2, -0.15) is 0 Å². The fraction of sp³-hybridized carbons (Fsp3) is 0.0794. The van der Waals surface area contributed by atoms with E-state index in [1.807, 2.05) is 0 Å². The van der Waals surface area contributed by atoms with Crippen molar-refractivity contribution in [2.24, 2.45) is 0 Å². The van der Waals surface area contributed by atoms with E-state index in [0.717, 1.165) is 58.3 Å². The molecule has 0 atom stereocenters. The van der Waals surface area contributed by atoms with Crippen molar-refractivity contribution < 1.29 is 0 Å². The van der Waals surface area contributed by atoms with Gasteiger partial charge >= 0.3 is 0 Å². The third kappa shape index (κ3) is 6.21. The second-order valence-corrected chi connectivity index (χ2v) is 18.5. The van der Waals surface area contributed by atoms with Gasteiger partial charge in [0.15, 0.2) is 0 Å². The van der Waals surface area contributed by atoms with Crippen molar-refractivity contribution in [1.29, 1.82) is 0 Å². The van der Waals surface area contributed by atoms with Crippen LogP contribution in [0.25, 0.3) is 60.6 Å². The first-order valence-electron chi connectivity index (χ1n) is 23.5. The lowest BCUT2D eigenvalue weighted by molar-refractivity contribution is 0.608. The number of aromatic nitrogens is 2. The maximum Gasteiger partial charge on any atom is 0.0544 e. The number of benzene rings is 9. The summed E-state index contributed by atoms with van der Waals surface area (Å²) in [4.78, 5) is 4.72. The molecule has 0 amide bonds. The van der Waals surface area contributed by atoms with Crippen LogP contribution in [0.5, 0.6) is 0 Å². The summed E-state index contributed by atoms with van der Waals surface area (Å²) >= 11 is 0. The molecule has 0 saturated heterocycles. The Morgan fingerprint density at radius 1 is 0.388 bits per heavy atom.